The summed E-state index contributed by atoms with van der Waals surface area (Å²) < 4.78 is 0. The lowest BCUT2D eigenvalue weighted by Crippen LogP contribution is -2.15. The van der Waals surface area contributed by atoms with Gasteiger partial charge < -0.3 is 5.32 Å². The van der Waals surface area contributed by atoms with E-state index in [2.05, 4.69) is 15.5 Å². The van der Waals surface area contributed by atoms with Crippen LogP contribution in [0.3, 0.4) is 0 Å². The van der Waals surface area contributed by atoms with Gasteiger partial charge in [-0.3, -0.25) is 4.79 Å². The molecule has 1 aromatic heterocycles. The van der Waals surface area contributed by atoms with Crippen LogP contribution < -0.4 is 5.32 Å². The first-order valence-corrected chi connectivity index (χ1v) is 8.39. The van der Waals surface area contributed by atoms with E-state index >= 15 is 0 Å². The number of aryl methyl sites for hydroxylation is 1. The van der Waals surface area contributed by atoms with Gasteiger partial charge in [-0.25, -0.2) is 0 Å². The van der Waals surface area contributed by atoms with Crippen LogP contribution in [0.1, 0.15) is 5.56 Å². The standard InChI is InChI=1S/C17H14ClN3OS/c1-11-8-13(18)6-7-15(11)20-16(22)10-23-17-14-5-3-2-4-12(14)9-19-21-17/h2-9H,10H2,1H3,(H,20,22). The third kappa shape index (κ3) is 3.81. The first-order chi connectivity index (χ1) is 11.1. The van der Waals surface area contributed by atoms with Crippen LogP contribution in [-0.4, -0.2) is 21.9 Å². The minimum Gasteiger partial charge on any atom is -0.325 e. The first kappa shape index (κ1) is 15.8. The maximum atomic E-state index is 12.1. The molecule has 0 aliphatic carbocycles. The lowest BCUT2D eigenvalue weighted by molar-refractivity contribution is -0.113. The Morgan fingerprint density at radius 1 is 1.26 bits per heavy atom. The number of aromatic nitrogens is 2. The minimum absolute atomic E-state index is 0.0878. The molecule has 1 heterocycles. The molecule has 0 aliphatic heterocycles. The van der Waals surface area contributed by atoms with Crippen LogP contribution in [0, 0.1) is 6.92 Å². The highest BCUT2D eigenvalue weighted by Crippen LogP contribution is 2.25. The number of anilines is 1. The largest absolute Gasteiger partial charge is 0.325 e. The molecule has 3 rings (SSSR count). The van der Waals surface area contributed by atoms with E-state index in [9.17, 15) is 4.79 Å². The molecule has 2 aromatic carbocycles. The average Bonchev–Trinajstić information content (AvgIpc) is 2.55. The van der Waals surface area contributed by atoms with E-state index in [1.54, 1.807) is 18.3 Å². The maximum Gasteiger partial charge on any atom is 0.234 e. The number of benzene rings is 2. The molecule has 0 radical (unpaired) electrons. The van der Waals surface area contributed by atoms with E-state index in [4.69, 9.17) is 11.6 Å². The summed E-state index contributed by atoms with van der Waals surface area (Å²) in [5, 5.41) is 14.4. The number of carbonyl (C=O) groups excluding carboxylic acids is 1. The van der Waals surface area contributed by atoms with Crippen molar-refractivity contribution in [3.63, 3.8) is 0 Å². The van der Waals surface area contributed by atoms with Gasteiger partial charge in [0.15, 0.2) is 0 Å². The van der Waals surface area contributed by atoms with Crippen molar-refractivity contribution < 1.29 is 4.79 Å². The van der Waals surface area contributed by atoms with Gasteiger partial charge in [0.05, 0.1) is 11.9 Å². The Balaban J connectivity index is 1.69. The van der Waals surface area contributed by atoms with E-state index < -0.39 is 0 Å². The van der Waals surface area contributed by atoms with Crippen LogP contribution in [0.4, 0.5) is 5.69 Å². The number of nitrogens with one attached hydrogen (secondary N) is 1. The highest BCUT2D eigenvalue weighted by molar-refractivity contribution is 8.00. The maximum absolute atomic E-state index is 12.1. The van der Waals surface area contributed by atoms with Crippen molar-refractivity contribution in [2.24, 2.45) is 0 Å². The van der Waals surface area contributed by atoms with Gasteiger partial charge in [-0.1, -0.05) is 47.6 Å². The monoisotopic (exact) mass is 343 g/mol. The molecule has 0 saturated heterocycles. The zero-order valence-electron chi connectivity index (χ0n) is 12.4. The number of carbonyl (C=O) groups is 1. The molecular formula is C17H14ClN3OS. The SMILES string of the molecule is Cc1cc(Cl)ccc1NC(=O)CSc1nncc2ccccc12. The lowest BCUT2D eigenvalue weighted by atomic mass is 10.2. The summed E-state index contributed by atoms with van der Waals surface area (Å²) in [7, 11) is 0. The fourth-order valence-corrected chi connectivity index (χ4v) is 3.21. The Kier molecular flexibility index (Phi) is 4.79. The zero-order valence-corrected chi connectivity index (χ0v) is 14.0. The summed E-state index contributed by atoms with van der Waals surface area (Å²) in [5.41, 5.74) is 1.70. The summed E-state index contributed by atoms with van der Waals surface area (Å²) in [6.07, 6.45) is 1.72. The number of hydrogen-bond donors (Lipinski definition) is 1. The Labute approximate surface area is 143 Å². The van der Waals surface area contributed by atoms with Gasteiger partial charge in [-0.05, 0) is 30.7 Å². The van der Waals surface area contributed by atoms with Crippen molar-refractivity contribution in [1.29, 1.82) is 0 Å². The van der Waals surface area contributed by atoms with E-state index in [-0.39, 0.29) is 11.7 Å². The molecule has 3 aromatic rings. The number of thioether (sulfide) groups is 1. The number of hydrogen-bond acceptors (Lipinski definition) is 4. The Hall–Kier alpha value is -2.11. The van der Waals surface area contributed by atoms with Gasteiger partial charge in [-0.15, -0.1) is 5.10 Å². The molecule has 0 saturated carbocycles. The molecule has 1 N–H and O–H groups in total. The van der Waals surface area contributed by atoms with Gasteiger partial charge in [-0.2, -0.15) is 5.10 Å². The van der Waals surface area contributed by atoms with Crippen molar-refractivity contribution in [3.05, 3.63) is 59.2 Å². The molecule has 0 aliphatic rings. The second-order valence-corrected chi connectivity index (χ2v) is 6.43. The third-order valence-electron chi connectivity index (χ3n) is 3.34. The second-order valence-electron chi connectivity index (χ2n) is 5.03. The molecule has 0 bridgehead atoms. The predicted octanol–water partition coefficient (Wildman–Crippen LogP) is 4.32. The number of halogens is 1. The van der Waals surface area contributed by atoms with E-state index in [1.165, 1.54) is 11.8 Å². The van der Waals surface area contributed by atoms with Gasteiger partial charge in [0.2, 0.25) is 5.91 Å². The molecule has 0 unspecified atom stereocenters. The summed E-state index contributed by atoms with van der Waals surface area (Å²) >= 11 is 7.29. The quantitative estimate of drug-likeness (QED) is 0.717. The van der Waals surface area contributed by atoms with E-state index in [1.807, 2.05) is 37.3 Å². The van der Waals surface area contributed by atoms with Crippen LogP contribution in [-0.2, 0) is 4.79 Å². The van der Waals surface area contributed by atoms with Crippen LogP contribution in [0.5, 0.6) is 0 Å². The van der Waals surface area contributed by atoms with Crippen molar-refractivity contribution in [3.8, 4) is 0 Å². The average molecular weight is 344 g/mol. The summed E-state index contributed by atoms with van der Waals surface area (Å²) in [5.74, 6) is 0.181. The van der Waals surface area contributed by atoms with Gasteiger partial charge >= 0.3 is 0 Å². The molecule has 6 heteroatoms. The van der Waals surface area contributed by atoms with Crippen molar-refractivity contribution in [2.75, 3.05) is 11.1 Å². The molecule has 0 fully saturated rings. The molecule has 23 heavy (non-hydrogen) atoms. The van der Waals surface area contributed by atoms with Gasteiger partial charge in [0.1, 0.15) is 5.03 Å². The molecule has 0 spiro atoms. The van der Waals surface area contributed by atoms with Gasteiger partial charge in [0, 0.05) is 21.5 Å². The minimum atomic E-state index is -0.0878. The summed E-state index contributed by atoms with van der Waals surface area (Å²) in [4.78, 5) is 12.1. The van der Waals surface area contributed by atoms with Crippen LogP contribution in [0.2, 0.25) is 5.02 Å². The summed E-state index contributed by atoms with van der Waals surface area (Å²) in [6.45, 7) is 1.91. The van der Waals surface area contributed by atoms with Crippen molar-refractivity contribution >= 4 is 45.7 Å². The van der Waals surface area contributed by atoms with Gasteiger partial charge in [0.25, 0.3) is 0 Å². The zero-order chi connectivity index (χ0) is 16.2. The normalized spacial score (nSPS) is 10.7. The smallest absolute Gasteiger partial charge is 0.234 e. The molecular weight excluding hydrogens is 330 g/mol. The Morgan fingerprint density at radius 2 is 2.09 bits per heavy atom. The van der Waals surface area contributed by atoms with Crippen LogP contribution >= 0.6 is 23.4 Å². The highest BCUT2D eigenvalue weighted by atomic mass is 35.5. The van der Waals surface area contributed by atoms with Crippen molar-refractivity contribution in [2.45, 2.75) is 11.9 Å². The molecule has 4 nitrogen and oxygen atoms in total. The van der Waals surface area contributed by atoms with Crippen molar-refractivity contribution in [1.82, 2.24) is 10.2 Å². The third-order valence-corrected chi connectivity index (χ3v) is 4.56. The first-order valence-electron chi connectivity index (χ1n) is 7.03. The predicted molar refractivity (Wildman–Crippen MR) is 95.1 cm³/mol. The number of nitrogens with zero attached hydrogens (tertiary/aromatic N) is 2. The Morgan fingerprint density at radius 3 is 2.91 bits per heavy atom. The fraction of sp³-hybridized carbons (Fsp3) is 0.118. The molecule has 0 atom stereocenters. The second kappa shape index (κ2) is 6.98. The lowest BCUT2D eigenvalue weighted by Gasteiger charge is -2.09. The number of rotatable bonds is 4. The number of amides is 1. The van der Waals surface area contributed by atoms with E-state index in [0.717, 1.165) is 27.0 Å². The van der Waals surface area contributed by atoms with Crippen LogP contribution in [0.25, 0.3) is 10.8 Å². The molecule has 1 amide bonds. The summed E-state index contributed by atoms with van der Waals surface area (Å²) in [6, 6.07) is 13.2. The van der Waals surface area contributed by atoms with E-state index in [0.29, 0.717) is 5.02 Å². The molecule has 116 valence electrons. The topological polar surface area (TPSA) is 54.9 Å². The number of fused-ring (bicyclic) bond motifs is 1. The fourth-order valence-electron chi connectivity index (χ4n) is 2.20. The highest BCUT2D eigenvalue weighted by Gasteiger charge is 2.09. The van der Waals surface area contributed by atoms with Crippen LogP contribution in [0.15, 0.2) is 53.7 Å². The Bertz CT molecular complexity index is 864.